The fraction of sp³-hybridized carbons (Fsp3) is 0.750. The van der Waals surface area contributed by atoms with Gasteiger partial charge in [-0.25, -0.2) is 12.7 Å². The standard InChI is InChI=1S/C16H27N5O3S/c1-12-15(13(2)18-17-12)19-8-10-20(11-9-19)16(22)14-4-6-21(7-5-14)25(3,23)24/h14H,4-11H2,1-3H3,(H,17,18). The zero-order valence-corrected chi connectivity index (χ0v) is 16.0. The molecule has 9 heteroatoms. The summed E-state index contributed by atoms with van der Waals surface area (Å²) in [5.74, 6) is 0.121. The highest BCUT2D eigenvalue weighted by Crippen LogP contribution is 2.25. The molecule has 0 spiro atoms. The van der Waals surface area contributed by atoms with Crippen molar-refractivity contribution in [2.24, 2.45) is 5.92 Å². The number of piperazine rings is 1. The summed E-state index contributed by atoms with van der Waals surface area (Å²) < 4.78 is 24.6. The van der Waals surface area contributed by atoms with E-state index in [9.17, 15) is 13.2 Å². The highest BCUT2D eigenvalue weighted by molar-refractivity contribution is 7.88. The first-order valence-corrected chi connectivity index (χ1v) is 10.6. The third-order valence-electron chi connectivity index (χ3n) is 5.27. The van der Waals surface area contributed by atoms with E-state index >= 15 is 0 Å². The van der Waals surface area contributed by atoms with E-state index in [0.717, 1.165) is 30.2 Å². The molecule has 25 heavy (non-hydrogen) atoms. The number of rotatable bonds is 3. The molecule has 2 fully saturated rings. The van der Waals surface area contributed by atoms with Crippen LogP contribution in [-0.4, -0.2) is 79.3 Å². The van der Waals surface area contributed by atoms with Crippen molar-refractivity contribution in [2.75, 3.05) is 50.4 Å². The van der Waals surface area contributed by atoms with Crippen molar-refractivity contribution in [3.05, 3.63) is 11.4 Å². The minimum Gasteiger partial charge on any atom is -0.365 e. The molecule has 2 aliphatic rings. The second kappa shape index (κ2) is 6.95. The van der Waals surface area contributed by atoms with Crippen LogP contribution >= 0.6 is 0 Å². The minimum absolute atomic E-state index is 0.0538. The van der Waals surface area contributed by atoms with Crippen LogP contribution in [0, 0.1) is 19.8 Å². The van der Waals surface area contributed by atoms with Crippen molar-refractivity contribution in [3.8, 4) is 0 Å². The number of aromatic nitrogens is 2. The third kappa shape index (κ3) is 3.82. The topological polar surface area (TPSA) is 89.6 Å². The molecule has 1 amide bonds. The van der Waals surface area contributed by atoms with Gasteiger partial charge in [-0.1, -0.05) is 0 Å². The molecule has 8 nitrogen and oxygen atoms in total. The van der Waals surface area contributed by atoms with Crippen molar-refractivity contribution in [1.29, 1.82) is 0 Å². The lowest BCUT2D eigenvalue weighted by atomic mass is 9.96. The zero-order valence-electron chi connectivity index (χ0n) is 15.2. The van der Waals surface area contributed by atoms with Crippen molar-refractivity contribution >= 4 is 21.6 Å². The largest absolute Gasteiger partial charge is 0.365 e. The van der Waals surface area contributed by atoms with Gasteiger partial charge in [0.2, 0.25) is 15.9 Å². The van der Waals surface area contributed by atoms with Crippen molar-refractivity contribution in [1.82, 2.24) is 19.4 Å². The minimum atomic E-state index is -3.15. The Bertz CT molecular complexity index is 709. The van der Waals surface area contributed by atoms with Crippen LogP contribution in [0.25, 0.3) is 0 Å². The summed E-state index contributed by atoms with van der Waals surface area (Å²) in [5, 5.41) is 7.26. The zero-order chi connectivity index (χ0) is 18.2. The Labute approximate surface area is 149 Å². The Morgan fingerprint density at radius 3 is 2.16 bits per heavy atom. The molecule has 2 aliphatic heterocycles. The number of hydrogen-bond acceptors (Lipinski definition) is 5. The number of nitrogens with zero attached hydrogens (tertiary/aromatic N) is 4. The summed E-state index contributed by atoms with van der Waals surface area (Å²) in [4.78, 5) is 17.0. The number of amides is 1. The van der Waals surface area contributed by atoms with Gasteiger partial charge < -0.3 is 9.80 Å². The van der Waals surface area contributed by atoms with Gasteiger partial charge in [-0.2, -0.15) is 5.10 Å². The van der Waals surface area contributed by atoms with Gasteiger partial charge in [-0.15, -0.1) is 0 Å². The number of sulfonamides is 1. The predicted octanol–water partition coefficient (Wildman–Crippen LogP) is 0.347. The number of nitrogens with one attached hydrogen (secondary N) is 1. The number of carbonyl (C=O) groups excluding carboxylic acids is 1. The second-order valence-electron chi connectivity index (χ2n) is 7.03. The maximum Gasteiger partial charge on any atom is 0.225 e. The molecular weight excluding hydrogens is 342 g/mol. The second-order valence-corrected chi connectivity index (χ2v) is 9.01. The van der Waals surface area contributed by atoms with Gasteiger partial charge in [-0.3, -0.25) is 9.89 Å². The molecule has 0 bridgehead atoms. The van der Waals surface area contributed by atoms with E-state index in [1.165, 1.54) is 10.6 Å². The Hall–Kier alpha value is -1.61. The van der Waals surface area contributed by atoms with E-state index < -0.39 is 10.0 Å². The highest BCUT2D eigenvalue weighted by atomic mass is 32.2. The Balaban J connectivity index is 1.54. The van der Waals surface area contributed by atoms with Gasteiger partial charge in [0.05, 0.1) is 23.3 Å². The summed E-state index contributed by atoms with van der Waals surface area (Å²) >= 11 is 0. The van der Waals surface area contributed by atoms with E-state index in [1.54, 1.807) is 0 Å². The number of aromatic amines is 1. The van der Waals surface area contributed by atoms with E-state index in [4.69, 9.17) is 0 Å². The quantitative estimate of drug-likeness (QED) is 0.830. The molecule has 140 valence electrons. The lowest BCUT2D eigenvalue weighted by molar-refractivity contribution is -0.137. The molecular formula is C16H27N5O3S. The number of anilines is 1. The third-order valence-corrected chi connectivity index (χ3v) is 6.57. The maximum atomic E-state index is 12.8. The van der Waals surface area contributed by atoms with Crippen LogP contribution in [0.5, 0.6) is 0 Å². The molecule has 1 aromatic heterocycles. The summed E-state index contributed by atoms with van der Waals surface area (Å²) in [6, 6.07) is 0. The average Bonchev–Trinajstić information content (AvgIpc) is 2.92. The summed E-state index contributed by atoms with van der Waals surface area (Å²) in [6.45, 7) is 7.91. The number of hydrogen-bond donors (Lipinski definition) is 1. The predicted molar refractivity (Wildman–Crippen MR) is 96.0 cm³/mol. The Morgan fingerprint density at radius 1 is 1.08 bits per heavy atom. The van der Waals surface area contributed by atoms with Crippen LogP contribution in [-0.2, 0) is 14.8 Å². The van der Waals surface area contributed by atoms with Crippen LogP contribution in [0.1, 0.15) is 24.2 Å². The number of carbonyl (C=O) groups is 1. The SMILES string of the molecule is Cc1n[nH]c(C)c1N1CCN(C(=O)C2CCN(S(C)(=O)=O)CC2)CC1. The van der Waals surface area contributed by atoms with Gasteiger partial charge in [-0.05, 0) is 26.7 Å². The number of aryl methyl sites for hydroxylation is 2. The van der Waals surface area contributed by atoms with E-state index in [0.29, 0.717) is 39.0 Å². The Kier molecular flexibility index (Phi) is 5.06. The first kappa shape index (κ1) is 18.2. The van der Waals surface area contributed by atoms with Crippen LogP contribution in [0.4, 0.5) is 5.69 Å². The fourth-order valence-electron chi connectivity index (χ4n) is 3.85. The summed E-state index contributed by atoms with van der Waals surface area (Å²) in [6.07, 6.45) is 2.46. The molecule has 1 aromatic rings. The molecule has 0 aliphatic carbocycles. The first-order chi connectivity index (χ1) is 11.8. The lowest BCUT2D eigenvalue weighted by Crippen LogP contribution is -2.52. The number of piperidine rings is 1. The van der Waals surface area contributed by atoms with E-state index in [2.05, 4.69) is 15.1 Å². The normalized spacial score (nSPS) is 20.9. The molecule has 1 N–H and O–H groups in total. The van der Waals surface area contributed by atoms with Crippen molar-refractivity contribution < 1.29 is 13.2 Å². The van der Waals surface area contributed by atoms with E-state index in [-0.39, 0.29) is 11.8 Å². The molecule has 0 unspecified atom stereocenters. The average molecular weight is 369 g/mol. The van der Waals surface area contributed by atoms with E-state index in [1.807, 2.05) is 18.7 Å². The first-order valence-electron chi connectivity index (χ1n) is 8.78. The molecule has 3 rings (SSSR count). The summed E-state index contributed by atoms with van der Waals surface area (Å²) in [5.41, 5.74) is 3.20. The molecule has 0 saturated carbocycles. The number of H-pyrrole nitrogens is 1. The lowest BCUT2D eigenvalue weighted by Gasteiger charge is -2.39. The maximum absolute atomic E-state index is 12.8. The molecule has 0 radical (unpaired) electrons. The molecule has 3 heterocycles. The highest BCUT2D eigenvalue weighted by Gasteiger charge is 2.33. The Morgan fingerprint density at radius 2 is 1.68 bits per heavy atom. The van der Waals surface area contributed by atoms with Crippen molar-refractivity contribution in [2.45, 2.75) is 26.7 Å². The smallest absolute Gasteiger partial charge is 0.225 e. The van der Waals surface area contributed by atoms with Gasteiger partial charge >= 0.3 is 0 Å². The monoisotopic (exact) mass is 369 g/mol. The van der Waals surface area contributed by atoms with Crippen LogP contribution in [0.2, 0.25) is 0 Å². The van der Waals surface area contributed by atoms with Crippen LogP contribution in [0.15, 0.2) is 0 Å². The van der Waals surface area contributed by atoms with Gasteiger partial charge in [0, 0.05) is 45.2 Å². The fourth-order valence-corrected chi connectivity index (χ4v) is 4.73. The van der Waals surface area contributed by atoms with Gasteiger partial charge in [0.25, 0.3) is 0 Å². The van der Waals surface area contributed by atoms with Gasteiger partial charge in [0.1, 0.15) is 0 Å². The van der Waals surface area contributed by atoms with Crippen molar-refractivity contribution in [3.63, 3.8) is 0 Å². The molecule has 0 atom stereocenters. The van der Waals surface area contributed by atoms with Crippen LogP contribution < -0.4 is 4.90 Å². The molecule has 2 saturated heterocycles. The van der Waals surface area contributed by atoms with Crippen LogP contribution in [0.3, 0.4) is 0 Å². The molecule has 0 aromatic carbocycles. The summed E-state index contributed by atoms with van der Waals surface area (Å²) in [7, 11) is -3.15. The van der Waals surface area contributed by atoms with Gasteiger partial charge in [0.15, 0.2) is 0 Å².